The Morgan fingerprint density at radius 1 is 1.41 bits per heavy atom. The van der Waals surface area contributed by atoms with E-state index < -0.39 is 11.7 Å². The SMILES string of the molecule is CN(CCNC(=O)N1CCCC(CO)C1)C(=O)OC(C)(C)C. The second-order valence-electron chi connectivity index (χ2n) is 6.77. The van der Waals surface area contributed by atoms with E-state index in [0.717, 1.165) is 12.8 Å². The van der Waals surface area contributed by atoms with Crippen LogP contribution in [0.1, 0.15) is 33.6 Å². The lowest BCUT2D eigenvalue weighted by molar-refractivity contribution is 0.0300. The first kappa shape index (κ1) is 18.5. The molecule has 1 aliphatic heterocycles. The number of aliphatic hydroxyl groups excluding tert-OH is 1. The van der Waals surface area contributed by atoms with Gasteiger partial charge in [-0.05, 0) is 39.5 Å². The predicted octanol–water partition coefficient (Wildman–Crippen LogP) is 1.27. The number of hydrogen-bond acceptors (Lipinski definition) is 4. The molecule has 1 fully saturated rings. The number of nitrogens with zero attached hydrogens (tertiary/aromatic N) is 2. The van der Waals surface area contributed by atoms with Gasteiger partial charge in [0, 0.05) is 39.8 Å². The molecular weight excluding hydrogens is 286 g/mol. The lowest BCUT2D eigenvalue weighted by atomic mass is 9.99. The maximum Gasteiger partial charge on any atom is 0.410 e. The molecule has 0 spiro atoms. The third kappa shape index (κ3) is 6.51. The number of ether oxygens (including phenoxy) is 1. The Hall–Kier alpha value is -1.50. The summed E-state index contributed by atoms with van der Waals surface area (Å²) in [5.41, 5.74) is -0.526. The second kappa shape index (κ2) is 8.22. The highest BCUT2D eigenvalue weighted by atomic mass is 16.6. The molecule has 0 aromatic carbocycles. The molecule has 1 saturated heterocycles. The van der Waals surface area contributed by atoms with E-state index in [1.807, 2.05) is 20.8 Å². The fourth-order valence-corrected chi connectivity index (χ4v) is 2.27. The first-order valence-electron chi connectivity index (χ1n) is 7.80. The van der Waals surface area contributed by atoms with Crippen LogP contribution in [0, 0.1) is 5.92 Å². The Morgan fingerprint density at radius 3 is 2.68 bits per heavy atom. The fourth-order valence-electron chi connectivity index (χ4n) is 2.27. The summed E-state index contributed by atoms with van der Waals surface area (Å²) in [6.45, 7) is 7.61. The van der Waals surface area contributed by atoms with Gasteiger partial charge < -0.3 is 25.0 Å². The lowest BCUT2D eigenvalue weighted by Crippen LogP contribution is -2.48. The van der Waals surface area contributed by atoms with Gasteiger partial charge in [-0.1, -0.05) is 0 Å². The maximum atomic E-state index is 12.0. The van der Waals surface area contributed by atoms with Crippen LogP contribution in [0.3, 0.4) is 0 Å². The number of hydrogen-bond donors (Lipinski definition) is 2. The molecule has 0 radical (unpaired) electrons. The van der Waals surface area contributed by atoms with Crippen LogP contribution >= 0.6 is 0 Å². The van der Waals surface area contributed by atoms with Crippen LogP contribution in [0.15, 0.2) is 0 Å². The summed E-state index contributed by atoms with van der Waals surface area (Å²) in [5, 5.41) is 12.0. The van der Waals surface area contributed by atoms with Crippen LogP contribution in [0.2, 0.25) is 0 Å². The summed E-state index contributed by atoms with van der Waals surface area (Å²) in [5.74, 6) is 0.170. The van der Waals surface area contributed by atoms with Gasteiger partial charge >= 0.3 is 12.1 Å². The predicted molar refractivity (Wildman–Crippen MR) is 83.6 cm³/mol. The molecule has 0 aromatic rings. The van der Waals surface area contributed by atoms with E-state index in [1.165, 1.54) is 4.90 Å². The van der Waals surface area contributed by atoms with Crippen molar-refractivity contribution in [3.8, 4) is 0 Å². The van der Waals surface area contributed by atoms with Crippen LogP contribution in [-0.2, 0) is 4.74 Å². The summed E-state index contributed by atoms with van der Waals surface area (Å²) >= 11 is 0. The van der Waals surface area contributed by atoms with E-state index in [0.29, 0.717) is 26.2 Å². The van der Waals surface area contributed by atoms with E-state index in [2.05, 4.69) is 5.32 Å². The summed E-state index contributed by atoms with van der Waals surface area (Å²) in [4.78, 5) is 27.0. The molecule has 3 amide bonds. The zero-order chi connectivity index (χ0) is 16.8. The molecule has 2 N–H and O–H groups in total. The number of nitrogens with one attached hydrogen (secondary N) is 1. The van der Waals surface area contributed by atoms with Crippen LogP contribution in [-0.4, -0.2) is 72.5 Å². The monoisotopic (exact) mass is 315 g/mol. The molecule has 0 aromatic heterocycles. The van der Waals surface area contributed by atoms with Crippen molar-refractivity contribution in [2.24, 2.45) is 5.92 Å². The summed E-state index contributed by atoms with van der Waals surface area (Å²) < 4.78 is 5.24. The average Bonchev–Trinajstić information content (AvgIpc) is 2.45. The van der Waals surface area contributed by atoms with Crippen molar-refractivity contribution >= 4 is 12.1 Å². The fraction of sp³-hybridized carbons (Fsp3) is 0.867. The van der Waals surface area contributed by atoms with Gasteiger partial charge in [-0.3, -0.25) is 0 Å². The van der Waals surface area contributed by atoms with Gasteiger partial charge in [0.2, 0.25) is 0 Å². The molecule has 1 rings (SSSR count). The van der Waals surface area contributed by atoms with Gasteiger partial charge in [0.05, 0.1) is 0 Å². The minimum atomic E-state index is -0.526. The first-order valence-corrected chi connectivity index (χ1v) is 7.80. The minimum absolute atomic E-state index is 0.116. The molecule has 1 unspecified atom stereocenters. The third-order valence-corrected chi connectivity index (χ3v) is 3.49. The van der Waals surface area contributed by atoms with E-state index in [9.17, 15) is 14.7 Å². The van der Waals surface area contributed by atoms with Crippen molar-refractivity contribution < 1.29 is 19.4 Å². The maximum absolute atomic E-state index is 12.0. The zero-order valence-corrected chi connectivity index (χ0v) is 14.1. The average molecular weight is 315 g/mol. The Kier molecular flexibility index (Phi) is 6.93. The van der Waals surface area contributed by atoms with Gasteiger partial charge in [-0.25, -0.2) is 9.59 Å². The molecule has 7 heteroatoms. The molecule has 128 valence electrons. The number of piperidine rings is 1. The van der Waals surface area contributed by atoms with Crippen molar-refractivity contribution in [3.63, 3.8) is 0 Å². The Morgan fingerprint density at radius 2 is 2.09 bits per heavy atom. The number of aliphatic hydroxyl groups is 1. The van der Waals surface area contributed by atoms with Gasteiger partial charge in [0.15, 0.2) is 0 Å². The largest absolute Gasteiger partial charge is 0.444 e. The summed E-state index contributed by atoms with van der Waals surface area (Å²) in [6.07, 6.45) is 1.47. The molecule has 1 heterocycles. The number of carbonyl (C=O) groups is 2. The van der Waals surface area contributed by atoms with Gasteiger partial charge in [0.25, 0.3) is 0 Å². The summed E-state index contributed by atoms with van der Waals surface area (Å²) in [6, 6.07) is -0.143. The molecule has 22 heavy (non-hydrogen) atoms. The number of likely N-dealkylation sites (tertiary alicyclic amines) is 1. The first-order chi connectivity index (χ1) is 10.2. The van der Waals surface area contributed by atoms with Crippen LogP contribution in [0.25, 0.3) is 0 Å². The topological polar surface area (TPSA) is 82.1 Å². The Labute approximate surface area is 132 Å². The smallest absolute Gasteiger partial charge is 0.410 e. The molecule has 7 nitrogen and oxygen atoms in total. The highest BCUT2D eigenvalue weighted by Crippen LogP contribution is 2.15. The van der Waals surface area contributed by atoms with E-state index in [1.54, 1.807) is 11.9 Å². The number of rotatable bonds is 4. The number of urea groups is 1. The highest BCUT2D eigenvalue weighted by molar-refractivity contribution is 5.74. The molecule has 0 aliphatic carbocycles. The molecule has 0 bridgehead atoms. The summed E-state index contributed by atoms with van der Waals surface area (Å²) in [7, 11) is 1.64. The van der Waals surface area contributed by atoms with Crippen molar-refractivity contribution in [3.05, 3.63) is 0 Å². The number of amides is 3. The zero-order valence-electron chi connectivity index (χ0n) is 14.1. The minimum Gasteiger partial charge on any atom is -0.444 e. The standard InChI is InChI=1S/C15H29N3O4/c1-15(2,3)22-14(21)17(4)9-7-16-13(20)18-8-5-6-12(10-18)11-19/h12,19H,5-11H2,1-4H3,(H,16,20). The van der Waals surface area contributed by atoms with Crippen molar-refractivity contribution in [2.45, 2.75) is 39.2 Å². The Bertz CT molecular complexity index is 381. The highest BCUT2D eigenvalue weighted by Gasteiger charge is 2.23. The normalized spacial score (nSPS) is 18.8. The van der Waals surface area contributed by atoms with Crippen molar-refractivity contribution in [1.82, 2.24) is 15.1 Å². The third-order valence-electron chi connectivity index (χ3n) is 3.49. The lowest BCUT2D eigenvalue weighted by Gasteiger charge is -2.32. The molecule has 0 saturated carbocycles. The number of likely N-dealkylation sites (N-methyl/N-ethyl adjacent to an activating group) is 1. The van der Waals surface area contributed by atoms with Crippen molar-refractivity contribution in [1.29, 1.82) is 0 Å². The van der Waals surface area contributed by atoms with E-state index in [4.69, 9.17) is 4.74 Å². The van der Waals surface area contributed by atoms with E-state index in [-0.39, 0.29) is 18.6 Å². The molecular formula is C15H29N3O4. The van der Waals surface area contributed by atoms with Gasteiger partial charge in [-0.15, -0.1) is 0 Å². The van der Waals surface area contributed by atoms with Crippen molar-refractivity contribution in [2.75, 3.05) is 39.8 Å². The van der Waals surface area contributed by atoms with Crippen LogP contribution in [0.4, 0.5) is 9.59 Å². The number of carbonyl (C=O) groups excluding carboxylic acids is 2. The van der Waals surface area contributed by atoms with Gasteiger partial charge in [-0.2, -0.15) is 0 Å². The van der Waals surface area contributed by atoms with Crippen LogP contribution < -0.4 is 5.32 Å². The van der Waals surface area contributed by atoms with Gasteiger partial charge in [0.1, 0.15) is 5.60 Å². The second-order valence-corrected chi connectivity index (χ2v) is 6.77. The quantitative estimate of drug-likeness (QED) is 0.818. The molecule has 1 atom stereocenters. The van der Waals surface area contributed by atoms with E-state index >= 15 is 0 Å². The van der Waals surface area contributed by atoms with Crippen LogP contribution in [0.5, 0.6) is 0 Å². The Balaban J connectivity index is 2.28. The molecule has 1 aliphatic rings.